The van der Waals surface area contributed by atoms with E-state index < -0.39 is 0 Å². The number of nitrogens with zero attached hydrogens (tertiary/aromatic N) is 1. The van der Waals surface area contributed by atoms with E-state index in [1.54, 1.807) is 7.11 Å². The first kappa shape index (κ1) is 15.0. The molecule has 0 saturated heterocycles. The molecule has 0 aliphatic heterocycles. The van der Waals surface area contributed by atoms with Crippen LogP contribution in [0, 0.1) is 5.92 Å². The molecule has 0 bridgehead atoms. The lowest BCUT2D eigenvalue weighted by Gasteiger charge is -2.20. The van der Waals surface area contributed by atoms with Crippen molar-refractivity contribution in [3.8, 4) is 0 Å². The molecule has 0 aliphatic carbocycles. The van der Waals surface area contributed by atoms with Crippen molar-refractivity contribution in [2.24, 2.45) is 5.92 Å². The first-order valence-corrected chi connectivity index (χ1v) is 7.00. The Balaban J connectivity index is 2.91. The number of likely N-dealkylation sites (N-methyl/N-ethyl adjacent to an activating group) is 1. The van der Waals surface area contributed by atoms with E-state index in [1.165, 1.54) is 11.3 Å². The number of hydrogen-bond acceptors (Lipinski definition) is 5. The largest absolute Gasteiger partial charge is 0.397 e. The molecule has 0 atom stereocenters. The highest BCUT2D eigenvalue weighted by molar-refractivity contribution is 7.18. The molecule has 0 amide bonds. The Morgan fingerprint density at radius 2 is 2.22 bits per heavy atom. The van der Waals surface area contributed by atoms with Crippen LogP contribution < -0.4 is 10.6 Å². The van der Waals surface area contributed by atoms with Crippen LogP contribution in [0.4, 0.5) is 10.7 Å². The maximum Gasteiger partial charge on any atom is 0.177 e. The van der Waals surface area contributed by atoms with Gasteiger partial charge in [-0.05, 0) is 13.0 Å². The number of hydrogen-bond donors (Lipinski definition) is 1. The summed E-state index contributed by atoms with van der Waals surface area (Å²) >= 11 is 1.47. The number of rotatable bonds is 7. The molecule has 0 unspecified atom stereocenters. The zero-order valence-electron chi connectivity index (χ0n) is 11.5. The maximum absolute atomic E-state index is 12.0. The van der Waals surface area contributed by atoms with Crippen molar-refractivity contribution < 1.29 is 9.53 Å². The topological polar surface area (TPSA) is 55.6 Å². The Morgan fingerprint density at radius 3 is 2.72 bits per heavy atom. The summed E-state index contributed by atoms with van der Waals surface area (Å²) < 4.78 is 5.08. The lowest BCUT2D eigenvalue weighted by atomic mass is 10.1. The van der Waals surface area contributed by atoms with Crippen LogP contribution >= 0.6 is 11.3 Å². The van der Waals surface area contributed by atoms with Crippen LogP contribution in [0.1, 0.15) is 30.4 Å². The van der Waals surface area contributed by atoms with Gasteiger partial charge in [0.1, 0.15) is 0 Å². The second kappa shape index (κ2) is 6.75. The molecule has 2 N–H and O–H groups in total. The van der Waals surface area contributed by atoms with Gasteiger partial charge in [0.2, 0.25) is 0 Å². The number of nitrogens with two attached hydrogens (primary N) is 1. The molecule has 18 heavy (non-hydrogen) atoms. The van der Waals surface area contributed by atoms with Gasteiger partial charge < -0.3 is 15.4 Å². The van der Waals surface area contributed by atoms with Gasteiger partial charge in [-0.3, -0.25) is 4.79 Å². The van der Waals surface area contributed by atoms with Gasteiger partial charge in [0.15, 0.2) is 5.78 Å². The third-order valence-electron chi connectivity index (χ3n) is 2.75. The van der Waals surface area contributed by atoms with Gasteiger partial charge in [-0.2, -0.15) is 0 Å². The number of carbonyl (C=O) groups excluding carboxylic acids is 1. The number of Topliss-reactive ketones (excluding diaryl/α,β-unsaturated/α-hetero) is 1. The molecule has 5 heteroatoms. The van der Waals surface area contributed by atoms with Crippen LogP contribution in [0.3, 0.4) is 0 Å². The summed E-state index contributed by atoms with van der Waals surface area (Å²) in [5.41, 5.74) is 6.52. The molecule has 0 aliphatic rings. The summed E-state index contributed by atoms with van der Waals surface area (Å²) in [6, 6.07) is 1.89. The molecule has 1 rings (SSSR count). The molecular weight excluding hydrogens is 248 g/mol. The number of carbonyl (C=O) groups is 1. The zero-order valence-corrected chi connectivity index (χ0v) is 12.3. The minimum absolute atomic E-state index is 0.0205. The van der Waals surface area contributed by atoms with Gasteiger partial charge in [-0.1, -0.05) is 13.8 Å². The van der Waals surface area contributed by atoms with Crippen molar-refractivity contribution in [3.63, 3.8) is 0 Å². The molecule has 0 spiro atoms. The monoisotopic (exact) mass is 270 g/mol. The normalized spacial score (nSPS) is 10.9. The van der Waals surface area contributed by atoms with Gasteiger partial charge in [0.25, 0.3) is 0 Å². The summed E-state index contributed by atoms with van der Waals surface area (Å²) in [5, 5.41) is 1.04. The summed E-state index contributed by atoms with van der Waals surface area (Å²) in [6.07, 6.45) is 0. The van der Waals surface area contributed by atoms with E-state index in [2.05, 4.69) is 11.8 Å². The van der Waals surface area contributed by atoms with Gasteiger partial charge in [0, 0.05) is 26.1 Å². The summed E-state index contributed by atoms with van der Waals surface area (Å²) in [6.45, 7) is 8.21. The minimum Gasteiger partial charge on any atom is -0.397 e. The van der Waals surface area contributed by atoms with Crippen molar-refractivity contribution in [1.82, 2.24) is 0 Å². The Labute approximate surface area is 113 Å². The number of thiophene rings is 1. The van der Waals surface area contributed by atoms with Crippen LogP contribution in [0.15, 0.2) is 6.07 Å². The van der Waals surface area contributed by atoms with Crippen molar-refractivity contribution >= 4 is 27.8 Å². The third kappa shape index (κ3) is 3.46. The number of anilines is 2. The van der Waals surface area contributed by atoms with E-state index in [0.29, 0.717) is 17.2 Å². The molecular formula is C13H22N2O2S. The van der Waals surface area contributed by atoms with E-state index in [0.717, 1.165) is 18.1 Å². The quantitative estimate of drug-likeness (QED) is 0.774. The minimum atomic E-state index is -0.0205. The molecule has 1 heterocycles. The summed E-state index contributed by atoms with van der Waals surface area (Å²) in [4.78, 5) is 14.8. The molecule has 1 aromatic heterocycles. The average molecular weight is 270 g/mol. The Hall–Kier alpha value is -1.07. The van der Waals surface area contributed by atoms with Gasteiger partial charge in [0.05, 0.1) is 22.2 Å². The molecule has 0 radical (unpaired) electrons. The number of ether oxygens (including phenoxy) is 1. The van der Waals surface area contributed by atoms with Crippen LogP contribution in [0.25, 0.3) is 0 Å². The zero-order chi connectivity index (χ0) is 13.7. The summed E-state index contributed by atoms with van der Waals surface area (Å²) in [7, 11) is 1.68. The highest BCUT2D eigenvalue weighted by Gasteiger charge is 2.19. The fraction of sp³-hybridized carbons (Fsp3) is 0.615. The van der Waals surface area contributed by atoms with Gasteiger partial charge in [-0.15, -0.1) is 11.3 Å². The third-order valence-corrected chi connectivity index (χ3v) is 3.98. The number of methoxy groups -OCH3 is 1. The number of nitrogen functional groups attached to an aromatic ring is 1. The first-order chi connectivity index (χ1) is 8.51. The Kier molecular flexibility index (Phi) is 5.62. The van der Waals surface area contributed by atoms with Crippen LogP contribution in [-0.4, -0.2) is 32.6 Å². The van der Waals surface area contributed by atoms with Crippen LogP contribution in [0.5, 0.6) is 0 Å². The highest BCUT2D eigenvalue weighted by atomic mass is 32.1. The van der Waals surface area contributed by atoms with E-state index in [9.17, 15) is 4.79 Å². The van der Waals surface area contributed by atoms with E-state index in [4.69, 9.17) is 10.5 Å². The smallest absolute Gasteiger partial charge is 0.177 e. The summed E-state index contributed by atoms with van der Waals surface area (Å²) in [5.74, 6) is 0.0967. The molecule has 0 aromatic carbocycles. The predicted molar refractivity (Wildman–Crippen MR) is 77.7 cm³/mol. The van der Waals surface area contributed by atoms with E-state index in [-0.39, 0.29) is 11.7 Å². The maximum atomic E-state index is 12.0. The van der Waals surface area contributed by atoms with Crippen molar-refractivity contribution in [2.45, 2.75) is 20.8 Å². The van der Waals surface area contributed by atoms with Gasteiger partial charge >= 0.3 is 0 Å². The SMILES string of the molecule is CCN(CCOC)c1cc(N)c(C(=O)C(C)C)s1. The van der Waals surface area contributed by atoms with Gasteiger partial charge in [-0.25, -0.2) is 0 Å². The molecule has 102 valence electrons. The predicted octanol–water partition coefficient (Wildman–Crippen LogP) is 2.64. The lowest BCUT2D eigenvalue weighted by molar-refractivity contribution is 0.0944. The molecule has 0 saturated carbocycles. The second-order valence-electron chi connectivity index (χ2n) is 4.46. The van der Waals surface area contributed by atoms with Crippen LogP contribution in [-0.2, 0) is 4.74 Å². The second-order valence-corrected chi connectivity index (χ2v) is 5.49. The van der Waals surface area contributed by atoms with Crippen molar-refractivity contribution in [1.29, 1.82) is 0 Å². The van der Waals surface area contributed by atoms with Crippen molar-refractivity contribution in [2.75, 3.05) is 37.4 Å². The Bertz CT molecular complexity index is 402. The van der Waals surface area contributed by atoms with E-state index in [1.807, 2.05) is 19.9 Å². The molecule has 4 nitrogen and oxygen atoms in total. The fourth-order valence-electron chi connectivity index (χ4n) is 1.63. The number of ketones is 1. The van der Waals surface area contributed by atoms with E-state index >= 15 is 0 Å². The standard InChI is InChI=1S/C13H22N2O2S/c1-5-15(6-7-17-4)11-8-10(14)13(18-11)12(16)9(2)3/h8-9H,5-7,14H2,1-4H3. The fourth-order valence-corrected chi connectivity index (χ4v) is 2.89. The molecule has 0 fully saturated rings. The highest BCUT2D eigenvalue weighted by Crippen LogP contribution is 2.33. The lowest BCUT2D eigenvalue weighted by Crippen LogP contribution is -2.25. The molecule has 1 aromatic rings. The first-order valence-electron chi connectivity index (χ1n) is 6.18. The Morgan fingerprint density at radius 1 is 1.56 bits per heavy atom. The van der Waals surface area contributed by atoms with Crippen molar-refractivity contribution in [3.05, 3.63) is 10.9 Å². The van der Waals surface area contributed by atoms with Crippen LogP contribution in [0.2, 0.25) is 0 Å². The average Bonchev–Trinajstić information content (AvgIpc) is 2.71.